The van der Waals surface area contributed by atoms with Gasteiger partial charge in [0.2, 0.25) is 11.8 Å². The zero-order valence-electron chi connectivity index (χ0n) is 17.2. The first-order valence-corrected chi connectivity index (χ1v) is 10.8. The van der Waals surface area contributed by atoms with E-state index < -0.39 is 6.04 Å². The molecule has 1 unspecified atom stereocenters. The minimum atomic E-state index is -0.507. The molecule has 2 rings (SSSR count). The van der Waals surface area contributed by atoms with E-state index in [0.29, 0.717) is 18.8 Å². The highest BCUT2D eigenvalue weighted by Crippen LogP contribution is 2.17. The molecular formula is C23H30N2O2S. The summed E-state index contributed by atoms with van der Waals surface area (Å²) in [5.74, 6) is 0.993. The normalized spacial score (nSPS) is 11.7. The van der Waals surface area contributed by atoms with Crippen LogP contribution in [0.3, 0.4) is 0 Å². The number of likely N-dealkylation sites (N-methyl/N-ethyl adjacent to an activating group) is 1. The fourth-order valence-electron chi connectivity index (χ4n) is 2.94. The summed E-state index contributed by atoms with van der Waals surface area (Å²) in [7, 11) is 0. The van der Waals surface area contributed by atoms with Gasteiger partial charge in [0.1, 0.15) is 6.04 Å². The van der Waals surface area contributed by atoms with E-state index in [0.717, 1.165) is 16.9 Å². The lowest BCUT2D eigenvalue weighted by molar-refractivity contribution is -0.138. The maximum atomic E-state index is 13.0. The molecule has 150 valence electrons. The second-order valence-corrected chi connectivity index (χ2v) is 8.05. The fraction of sp³-hybridized carbons (Fsp3) is 0.391. The summed E-state index contributed by atoms with van der Waals surface area (Å²) in [6.07, 6.45) is 0. The smallest absolute Gasteiger partial charge is 0.242 e. The van der Waals surface area contributed by atoms with Gasteiger partial charge in [0, 0.05) is 18.8 Å². The van der Waals surface area contributed by atoms with Crippen molar-refractivity contribution in [3.05, 3.63) is 70.8 Å². The number of amides is 2. The Morgan fingerprint density at radius 3 is 2.39 bits per heavy atom. The predicted molar refractivity (Wildman–Crippen MR) is 117 cm³/mol. The summed E-state index contributed by atoms with van der Waals surface area (Å²) in [5, 5.41) is 2.83. The van der Waals surface area contributed by atoms with Gasteiger partial charge < -0.3 is 10.2 Å². The van der Waals surface area contributed by atoms with Crippen molar-refractivity contribution in [2.24, 2.45) is 0 Å². The summed E-state index contributed by atoms with van der Waals surface area (Å²) < 4.78 is 0. The summed E-state index contributed by atoms with van der Waals surface area (Å²) in [4.78, 5) is 27.0. The van der Waals surface area contributed by atoms with E-state index in [2.05, 4.69) is 42.6 Å². The number of aryl methyl sites for hydroxylation is 2. The number of hydrogen-bond donors (Lipinski definition) is 1. The second-order valence-electron chi connectivity index (χ2n) is 7.06. The molecule has 0 aliphatic heterocycles. The summed E-state index contributed by atoms with van der Waals surface area (Å²) in [6, 6.07) is 15.9. The molecule has 0 aliphatic rings. The number of carbonyl (C=O) groups is 2. The van der Waals surface area contributed by atoms with Crippen LogP contribution in [0.5, 0.6) is 0 Å². The van der Waals surface area contributed by atoms with Crippen LogP contribution in [0.4, 0.5) is 0 Å². The Bertz CT molecular complexity index is 789. The number of thioether (sulfide) groups is 1. The van der Waals surface area contributed by atoms with E-state index in [1.54, 1.807) is 23.6 Å². The number of nitrogens with zero attached hydrogens (tertiary/aromatic N) is 1. The molecule has 0 spiro atoms. The SMILES string of the molecule is CCNC(=O)C(C)N(Cc1cccc(C)c1)C(=O)CSCc1ccc(C)cc1. The Kier molecular flexibility index (Phi) is 8.58. The van der Waals surface area contributed by atoms with Crippen LogP contribution in [0.2, 0.25) is 0 Å². The molecular weight excluding hydrogens is 368 g/mol. The first-order chi connectivity index (χ1) is 13.4. The highest BCUT2D eigenvalue weighted by atomic mass is 32.2. The lowest BCUT2D eigenvalue weighted by Crippen LogP contribution is -2.48. The van der Waals surface area contributed by atoms with Gasteiger partial charge in [0.05, 0.1) is 5.75 Å². The number of benzene rings is 2. The molecule has 4 nitrogen and oxygen atoms in total. The van der Waals surface area contributed by atoms with E-state index in [9.17, 15) is 9.59 Å². The van der Waals surface area contributed by atoms with Gasteiger partial charge in [-0.3, -0.25) is 9.59 Å². The Labute approximate surface area is 172 Å². The summed E-state index contributed by atoms with van der Waals surface area (Å²) in [6.45, 7) is 8.76. The molecule has 2 amide bonds. The third-order valence-electron chi connectivity index (χ3n) is 4.57. The molecule has 0 aromatic heterocycles. The minimum absolute atomic E-state index is 0.0163. The van der Waals surface area contributed by atoms with Crippen molar-refractivity contribution in [3.8, 4) is 0 Å². The number of hydrogen-bond acceptors (Lipinski definition) is 3. The van der Waals surface area contributed by atoms with Crippen molar-refractivity contribution < 1.29 is 9.59 Å². The van der Waals surface area contributed by atoms with E-state index in [1.165, 1.54) is 11.1 Å². The van der Waals surface area contributed by atoms with Crippen LogP contribution < -0.4 is 5.32 Å². The Morgan fingerprint density at radius 1 is 1.04 bits per heavy atom. The largest absolute Gasteiger partial charge is 0.355 e. The van der Waals surface area contributed by atoms with Gasteiger partial charge in [0.15, 0.2) is 0 Å². The number of rotatable bonds is 9. The van der Waals surface area contributed by atoms with Crippen LogP contribution in [-0.4, -0.2) is 35.1 Å². The third-order valence-corrected chi connectivity index (χ3v) is 5.56. The highest BCUT2D eigenvalue weighted by molar-refractivity contribution is 7.99. The minimum Gasteiger partial charge on any atom is -0.355 e. The van der Waals surface area contributed by atoms with E-state index in [4.69, 9.17) is 0 Å². The maximum Gasteiger partial charge on any atom is 0.242 e. The maximum absolute atomic E-state index is 13.0. The molecule has 0 aliphatic carbocycles. The van der Waals surface area contributed by atoms with E-state index in [-0.39, 0.29) is 11.8 Å². The summed E-state index contributed by atoms with van der Waals surface area (Å²) >= 11 is 1.58. The van der Waals surface area contributed by atoms with Crippen LogP contribution >= 0.6 is 11.8 Å². The standard InChI is InChI=1S/C23H30N2O2S/c1-5-24-23(27)19(4)25(14-21-8-6-7-18(3)13-21)22(26)16-28-15-20-11-9-17(2)10-12-20/h6-13,19H,5,14-16H2,1-4H3,(H,24,27). The molecule has 5 heteroatoms. The van der Waals surface area contributed by atoms with Crippen molar-refractivity contribution >= 4 is 23.6 Å². The molecule has 28 heavy (non-hydrogen) atoms. The molecule has 1 N–H and O–H groups in total. The zero-order valence-corrected chi connectivity index (χ0v) is 18.0. The van der Waals surface area contributed by atoms with Crippen LogP contribution in [0, 0.1) is 13.8 Å². The first-order valence-electron chi connectivity index (χ1n) is 9.66. The second kappa shape index (κ2) is 10.9. The van der Waals surface area contributed by atoms with Crippen LogP contribution in [0.15, 0.2) is 48.5 Å². The quantitative estimate of drug-likeness (QED) is 0.692. The van der Waals surface area contributed by atoms with Gasteiger partial charge in [-0.1, -0.05) is 59.7 Å². The molecule has 0 bridgehead atoms. The lowest BCUT2D eigenvalue weighted by Gasteiger charge is -2.28. The van der Waals surface area contributed by atoms with Gasteiger partial charge in [-0.25, -0.2) is 0 Å². The van der Waals surface area contributed by atoms with E-state index in [1.807, 2.05) is 32.0 Å². The van der Waals surface area contributed by atoms with Crippen molar-refractivity contribution in [2.45, 2.75) is 46.0 Å². The van der Waals surface area contributed by atoms with E-state index >= 15 is 0 Å². The molecule has 0 saturated carbocycles. The van der Waals surface area contributed by atoms with Crippen LogP contribution in [-0.2, 0) is 21.9 Å². The zero-order chi connectivity index (χ0) is 20.5. The molecule has 0 heterocycles. The number of nitrogens with one attached hydrogen (secondary N) is 1. The monoisotopic (exact) mass is 398 g/mol. The molecule has 1 atom stereocenters. The highest BCUT2D eigenvalue weighted by Gasteiger charge is 2.25. The lowest BCUT2D eigenvalue weighted by atomic mass is 10.1. The Hall–Kier alpha value is -2.27. The average Bonchev–Trinajstić information content (AvgIpc) is 2.67. The topological polar surface area (TPSA) is 49.4 Å². The van der Waals surface area contributed by atoms with Crippen molar-refractivity contribution in [2.75, 3.05) is 12.3 Å². The van der Waals surface area contributed by atoms with Crippen molar-refractivity contribution in [1.29, 1.82) is 0 Å². The Balaban J connectivity index is 2.04. The molecule has 2 aromatic rings. The predicted octanol–water partition coefficient (Wildman–Crippen LogP) is 4.09. The van der Waals surface area contributed by atoms with Crippen molar-refractivity contribution in [3.63, 3.8) is 0 Å². The number of carbonyl (C=O) groups excluding carboxylic acids is 2. The van der Waals surface area contributed by atoms with Gasteiger partial charge in [0.25, 0.3) is 0 Å². The molecule has 2 aromatic carbocycles. The van der Waals surface area contributed by atoms with Crippen LogP contribution in [0.25, 0.3) is 0 Å². The Morgan fingerprint density at radius 2 is 1.75 bits per heavy atom. The van der Waals surface area contributed by atoms with Gasteiger partial charge in [-0.05, 0) is 38.8 Å². The van der Waals surface area contributed by atoms with Gasteiger partial charge >= 0.3 is 0 Å². The van der Waals surface area contributed by atoms with Crippen molar-refractivity contribution in [1.82, 2.24) is 10.2 Å². The average molecular weight is 399 g/mol. The third kappa shape index (κ3) is 6.71. The molecule has 0 radical (unpaired) electrons. The first kappa shape index (κ1) is 22.0. The summed E-state index contributed by atoms with van der Waals surface area (Å²) in [5.41, 5.74) is 4.60. The molecule has 0 fully saturated rings. The van der Waals surface area contributed by atoms with Gasteiger partial charge in [-0.15, -0.1) is 11.8 Å². The van der Waals surface area contributed by atoms with Gasteiger partial charge in [-0.2, -0.15) is 0 Å². The van der Waals surface area contributed by atoms with Crippen LogP contribution in [0.1, 0.15) is 36.1 Å². The fourth-order valence-corrected chi connectivity index (χ4v) is 3.81. The molecule has 0 saturated heterocycles.